The van der Waals surface area contributed by atoms with Gasteiger partial charge in [0, 0.05) is 24.3 Å². The van der Waals surface area contributed by atoms with E-state index in [1.165, 1.54) is 0 Å². The highest BCUT2D eigenvalue weighted by molar-refractivity contribution is 5.91. The number of aliphatic carboxylic acids is 2. The van der Waals surface area contributed by atoms with Crippen molar-refractivity contribution in [1.29, 1.82) is 0 Å². The van der Waals surface area contributed by atoms with Gasteiger partial charge < -0.3 is 29.2 Å². The van der Waals surface area contributed by atoms with E-state index < -0.39 is 48.3 Å². The minimum Gasteiger partial charge on any atom is -0.478 e. The number of carboxylic acid groups (broad SMARTS) is 2. The SMILES string of the molecule is O=C(O)/C=C\C(=O)O[C@H]1CO[C@H]2C1OC[C@@H]2OC(=O)/C=C\C(=O)O. The van der Waals surface area contributed by atoms with Crippen molar-refractivity contribution in [3.8, 4) is 0 Å². The Hall–Kier alpha value is -2.72. The lowest BCUT2D eigenvalue weighted by molar-refractivity contribution is -0.149. The lowest BCUT2D eigenvalue weighted by Crippen LogP contribution is -2.35. The predicted molar refractivity (Wildman–Crippen MR) is 72.8 cm³/mol. The van der Waals surface area contributed by atoms with Crippen molar-refractivity contribution in [3.05, 3.63) is 24.3 Å². The highest BCUT2D eigenvalue weighted by atomic mass is 16.7. The van der Waals surface area contributed by atoms with Gasteiger partial charge in [-0.05, 0) is 0 Å². The van der Waals surface area contributed by atoms with Gasteiger partial charge >= 0.3 is 23.9 Å². The molecule has 1 unspecified atom stereocenters. The summed E-state index contributed by atoms with van der Waals surface area (Å²) in [5, 5.41) is 16.9. The number of carbonyl (C=O) groups is 4. The fourth-order valence-corrected chi connectivity index (χ4v) is 2.29. The van der Waals surface area contributed by atoms with E-state index in [1.54, 1.807) is 0 Å². The average Bonchev–Trinajstić information content (AvgIpc) is 3.07. The number of carboxylic acids is 2. The summed E-state index contributed by atoms with van der Waals surface area (Å²) in [6.45, 7) is 0.00199. The van der Waals surface area contributed by atoms with Crippen LogP contribution in [0.4, 0.5) is 0 Å². The van der Waals surface area contributed by atoms with Crippen LogP contribution in [0.15, 0.2) is 24.3 Å². The monoisotopic (exact) mass is 342 g/mol. The second-order valence-electron chi connectivity index (χ2n) is 4.89. The van der Waals surface area contributed by atoms with Gasteiger partial charge in [-0.3, -0.25) is 0 Å². The third-order valence-electron chi connectivity index (χ3n) is 3.22. The van der Waals surface area contributed by atoms with Crippen molar-refractivity contribution < 1.29 is 48.3 Å². The summed E-state index contributed by atoms with van der Waals surface area (Å²) in [4.78, 5) is 43.6. The van der Waals surface area contributed by atoms with Crippen LogP contribution in [0.25, 0.3) is 0 Å². The van der Waals surface area contributed by atoms with Gasteiger partial charge in [0.1, 0.15) is 12.2 Å². The molecular weight excluding hydrogens is 328 g/mol. The molecule has 2 aliphatic heterocycles. The summed E-state index contributed by atoms with van der Waals surface area (Å²) in [6.07, 6.45) is -0.0348. The second-order valence-corrected chi connectivity index (χ2v) is 4.89. The van der Waals surface area contributed by atoms with Crippen molar-refractivity contribution in [1.82, 2.24) is 0 Å². The Bertz CT molecular complexity index is 540. The number of carbonyl (C=O) groups excluding carboxylic acids is 2. The van der Waals surface area contributed by atoms with E-state index in [2.05, 4.69) is 0 Å². The van der Waals surface area contributed by atoms with E-state index in [9.17, 15) is 19.2 Å². The van der Waals surface area contributed by atoms with Gasteiger partial charge in [0.15, 0.2) is 12.2 Å². The molecule has 130 valence electrons. The molecule has 2 N–H and O–H groups in total. The first-order valence-electron chi connectivity index (χ1n) is 6.83. The Morgan fingerprint density at radius 3 is 1.46 bits per heavy atom. The molecule has 0 spiro atoms. The second kappa shape index (κ2) is 7.70. The third kappa shape index (κ3) is 4.64. The molecule has 2 aliphatic rings. The highest BCUT2D eigenvalue weighted by Crippen LogP contribution is 2.30. The smallest absolute Gasteiger partial charge is 0.331 e. The van der Waals surface area contributed by atoms with Gasteiger partial charge in [0.05, 0.1) is 13.2 Å². The Morgan fingerprint density at radius 1 is 0.750 bits per heavy atom. The molecule has 0 radical (unpaired) electrons. The number of esters is 2. The van der Waals surface area contributed by atoms with Crippen LogP contribution in [-0.4, -0.2) is 71.7 Å². The van der Waals surface area contributed by atoms with Crippen LogP contribution in [0.3, 0.4) is 0 Å². The Kier molecular flexibility index (Phi) is 5.66. The molecule has 0 aromatic rings. The van der Waals surface area contributed by atoms with Crippen molar-refractivity contribution in [2.75, 3.05) is 13.2 Å². The van der Waals surface area contributed by atoms with E-state index in [4.69, 9.17) is 29.2 Å². The summed E-state index contributed by atoms with van der Waals surface area (Å²) in [7, 11) is 0. The summed E-state index contributed by atoms with van der Waals surface area (Å²) in [6, 6.07) is 0. The van der Waals surface area contributed by atoms with Gasteiger partial charge in [-0.1, -0.05) is 0 Å². The normalized spacial score (nSPS) is 28.8. The van der Waals surface area contributed by atoms with Gasteiger partial charge in [0.2, 0.25) is 0 Å². The molecule has 0 bridgehead atoms. The van der Waals surface area contributed by atoms with Crippen LogP contribution in [-0.2, 0) is 38.1 Å². The summed E-state index contributed by atoms with van der Waals surface area (Å²) in [5.74, 6) is -4.29. The zero-order valence-electron chi connectivity index (χ0n) is 12.2. The molecule has 0 aliphatic carbocycles. The number of ether oxygens (including phenoxy) is 4. The largest absolute Gasteiger partial charge is 0.478 e. The van der Waals surface area contributed by atoms with E-state index in [1.807, 2.05) is 0 Å². The van der Waals surface area contributed by atoms with Crippen LogP contribution < -0.4 is 0 Å². The fraction of sp³-hybridized carbons (Fsp3) is 0.429. The minimum absolute atomic E-state index is 0.000993. The topological polar surface area (TPSA) is 146 Å². The third-order valence-corrected chi connectivity index (χ3v) is 3.22. The zero-order chi connectivity index (χ0) is 17.7. The lowest BCUT2D eigenvalue weighted by atomic mass is 10.1. The average molecular weight is 342 g/mol. The van der Waals surface area contributed by atoms with E-state index in [-0.39, 0.29) is 13.2 Å². The highest BCUT2D eigenvalue weighted by Gasteiger charge is 2.50. The molecule has 2 saturated heterocycles. The van der Waals surface area contributed by atoms with E-state index in [0.717, 1.165) is 12.2 Å². The Balaban J connectivity index is 1.87. The van der Waals surface area contributed by atoms with Crippen LogP contribution in [0.2, 0.25) is 0 Å². The standard InChI is InChI=1S/C14H14O10/c15-9(16)1-3-11(19)23-7-5-21-14-8(6-22-13(7)14)24-12(20)4-2-10(17)18/h1-4,7-8,13-14H,5-6H2,(H,15,16)(H,17,18)/b3-1-,4-2-/t7-,8-,13+,14?/m0/s1. The molecule has 10 nitrogen and oxygen atoms in total. The zero-order valence-corrected chi connectivity index (χ0v) is 12.2. The summed E-state index contributed by atoms with van der Waals surface area (Å²) >= 11 is 0. The molecule has 0 aromatic carbocycles. The summed E-state index contributed by atoms with van der Waals surface area (Å²) in [5.41, 5.74) is 0. The van der Waals surface area contributed by atoms with Crippen LogP contribution in [0, 0.1) is 0 Å². The molecule has 0 amide bonds. The maximum Gasteiger partial charge on any atom is 0.331 e. The van der Waals surface area contributed by atoms with Gasteiger partial charge in [0.25, 0.3) is 0 Å². The quantitative estimate of drug-likeness (QED) is 0.450. The fourth-order valence-electron chi connectivity index (χ4n) is 2.29. The number of hydrogen-bond acceptors (Lipinski definition) is 8. The van der Waals surface area contributed by atoms with Gasteiger partial charge in [-0.2, -0.15) is 0 Å². The Labute approximate surface area is 135 Å². The predicted octanol–water partition coefficient (Wildman–Crippen LogP) is -1.11. The molecule has 24 heavy (non-hydrogen) atoms. The first kappa shape index (κ1) is 17.6. The van der Waals surface area contributed by atoms with Crippen molar-refractivity contribution in [3.63, 3.8) is 0 Å². The molecule has 10 heteroatoms. The number of fused-ring (bicyclic) bond motifs is 1. The molecule has 4 atom stereocenters. The number of hydrogen-bond donors (Lipinski definition) is 2. The van der Waals surface area contributed by atoms with Crippen LogP contribution >= 0.6 is 0 Å². The van der Waals surface area contributed by atoms with E-state index >= 15 is 0 Å². The summed E-state index contributed by atoms with van der Waals surface area (Å²) < 4.78 is 20.9. The maximum atomic E-state index is 11.5. The minimum atomic E-state index is -1.29. The molecule has 0 aromatic heterocycles. The molecular formula is C14H14O10. The first-order valence-corrected chi connectivity index (χ1v) is 6.83. The molecule has 0 saturated carbocycles. The number of rotatable bonds is 6. The van der Waals surface area contributed by atoms with Gasteiger partial charge in [-0.25, -0.2) is 19.2 Å². The van der Waals surface area contributed by atoms with Crippen molar-refractivity contribution in [2.24, 2.45) is 0 Å². The first-order chi connectivity index (χ1) is 11.4. The van der Waals surface area contributed by atoms with Crippen molar-refractivity contribution in [2.45, 2.75) is 24.4 Å². The molecule has 2 rings (SSSR count). The molecule has 2 fully saturated rings. The molecule has 2 heterocycles. The maximum absolute atomic E-state index is 11.5. The van der Waals surface area contributed by atoms with Crippen molar-refractivity contribution >= 4 is 23.9 Å². The van der Waals surface area contributed by atoms with E-state index in [0.29, 0.717) is 12.2 Å². The van der Waals surface area contributed by atoms with Crippen LogP contribution in [0.5, 0.6) is 0 Å². The lowest BCUT2D eigenvalue weighted by Gasteiger charge is -2.16. The Morgan fingerprint density at radius 2 is 1.12 bits per heavy atom. The van der Waals surface area contributed by atoms with Crippen LogP contribution in [0.1, 0.15) is 0 Å². The van der Waals surface area contributed by atoms with Gasteiger partial charge in [-0.15, -0.1) is 0 Å².